The summed E-state index contributed by atoms with van der Waals surface area (Å²) >= 11 is 0. The van der Waals surface area contributed by atoms with E-state index in [0.717, 1.165) is 25.5 Å². The average molecular weight is 501 g/mol. The molecule has 2 rings (SSSR count). The van der Waals surface area contributed by atoms with Gasteiger partial charge in [0.25, 0.3) is 0 Å². The van der Waals surface area contributed by atoms with Crippen LogP contribution in [0.3, 0.4) is 0 Å². The van der Waals surface area contributed by atoms with Crippen molar-refractivity contribution in [3.63, 3.8) is 0 Å². The molecule has 2 N–H and O–H groups in total. The number of nitrogens with zero attached hydrogens (tertiary/aromatic N) is 1. The maximum atomic E-state index is 12.4. The van der Waals surface area contributed by atoms with Crippen LogP contribution in [0.25, 0.3) is 0 Å². The van der Waals surface area contributed by atoms with Crippen LogP contribution in [0, 0.1) is 5.41 Å². The highest BCUT2D eigenvalue weighted by Crippen LogP contribution is 2.41. The molecule has 2 fully saturated rings. The zero-order chi connectivity index (χ0) is 18.4. The molecule has 0 radical (unpaired) electrons. The molecule has 26 heavy (non-hydrogen) atoms. The first-order chi connectivity index (χ1) is 11.9. The Hall–Kier alpha value is -0.0900. The molecule has 1 saturated heterocycles. The van der Waals surface area contributed by atoms with Crippen LogP contribution in [0.4, 0.5) is 0 Å². The van der Waals surface area contributed by atoms with Gasteiger partial charge in [-0.15, -0.1) is 24.0 Å². The van der Waals surface area contributed by atoms with Gasteiger partial charge in [-0.1, -0.05) is 19.8 Å². The summed E-state index contributed by atoms with van der Waals surface area (Å²) in [6, 6.07) is 0. The van der Waals surface area contributed by atoms with E-state index in [-0.39, 0.29) is 24.0 Å². The van der Waals surface area contributed by atoms with E-state index in [4.69, 9.17) is 9.73 Å². The molecular formula is C18H36IN3O3S. The zero-order valence-electron chi connectivity index (χ0n) is 16.5. The lowest BCUT2D eigenvalue weighted by Gasteiger charge is -2.36. The van der Waals surface area contributed by atoms with Crippen molar-refractivity contribution in [2.24, 2.45) is 10.4 Å². The molecule has 0 aromatic rings. The predicted molar refractivity (Wildman–Crippen MR) is 118 cm³/mol. The van der Waals surface area contributed by atoms with E-state index in [1.165, 1.54) is 31.9 Å². The maximum Gasteiger partial charge on any atom is 0.191 e. The lowest BCUT2D eigenvalue weighted by Crippen LogP contribution is -2.53. The van der Waals surface area contributed by atoms with Crippen molar-refractivity contribution in [2.45, 2.75) is 63.5 Å². The minimum absolute atomic E-state index is 0. The molecule has 154 valence electrons. The van der Waals surface area contributed by atoms with Gasteiger partial charge in [0.1, 0.15) is 0 Å². The molecule has 0 unspecified atom stereocenters. The first kappa shape index (κ1) is 23.9. The number of guanidine groups is 1. The summed E-state index contributed by atoms with van der Waals surface area (Å²) in [5, 5.41) is 6.58. The Morgan fingerprint density at radius 3 is 2.19 bits per heavy atom. The first-order valence-electron chi connectivity index (χ1n) is 9.66. The van der Waals surface area contributed by atoms with Crippen LogP contribution >= 0.6 is 24.0 Å². The fourth-order valence-corrected chi connectivity index (χ4v) is 5.25. The number of aliphatic imine (C=N–C) groups is 1. The van der Waals surface area contributed by atoms with Gasteiger partial charge in [0.2, 0.25) is 0 Å². The van der Waals surface area contributed by atoms with Gasteiger partial charge in [-0.05, 0) is 44.4 Å². The standard InChI is InChI=1S/C18H35N3O3S.HI/c1-4-17(8-6-7-9-17)14-20-16(19-5-2)21-15-18(25(3,22)23)10-12-24-13-11-18;/h4-15H2,1-3H3,(H2,19,20,21);1H. The second kappa shape index (κ2) is 10.5. The minimum atomic E-state index is -3.17. The van der Waals surface area contributed by atoms with Crippen LogP contribution in [0.15, 0.2) is 4.99 Å². The Kier molecular flexibility index (Phi) is 9.63. The second-order valence-corrected chi connectivity index (χ2v) is 10.1. The van der Waals surface area contributed by atoms with Gasteiger partial charge in [0.05, 0.1) is 4.75 Å². The molecule has 1 heterocycles. The quantitative estimate of drug-likeness (QED) is 0.319. The summed E-state index contributed by atoms with van der Waals surface area (Å²) in [6.07, 6.45) is 8.66. The maximum absolute atomic E-state index is 12.4. The van der Waals surface area contributed by atoms with E-state index in [2.05, 4.69) is 17.6 Å². The summed E-state index contributed by atoms with van der Waals surface area (Å²) in [5.74, 6) is 0.733. The van der Waals surface area contributed by atoms with Crippen molar-refractivity contribution in [1.29, 1.82) is 0 Å². The van der Waals surface area contributed by atoms with Crippen LogP contribution in [0.1, 0.15) is 58.8 Å². The third-order valence-corrected chi connectivity index (χ3v) is 8.23. The number of hydrogen-bond acceptors (Lipinski definition) is 4. The number of halogens is 1. The van der Waals surface area contributed by atoms with Gasteiger partial charge < -0.3 is 15.4 Å². The largest absolute Gasteiger partial charge is 0.381 e. The smallest absolute Gasteiger partial charge is 0.191 e. The van der Waals surface area contributed by atoms with Gasteiger partial charge >= 0.3 is 0 Å². The van der Waals surface area contributed by atoms with Gasteiger partial charge in [0, 0.05) is 39.1 Å². The highest BCUT2D eigenvalue weighted by Gasteiger charge is 2.42. The van der Waals surface area contributed by atoms with Crippen LogP contribution in [0.5, 0.6) is 0 Å². The zero-order valence-corrected chi connectivity index (χ0v) is 19.6. The van der Waals surface area contributed by atoms with Crippen molar-refractivity contribution in [2.75, 3.05) is 39.1 Å². The molecule has 0 atom stereocenters. The third kappa shape index (κ3) is 5.95. The van der Waals surface area contributed by atoms with E-state index in [9.17, 15) is 8.42 Å². The first-order valence-corrected chi connectivity index (χ1v) is 11.6. The Labute approximate surface area is 176 Å². The Morgan fingerprint density at radius 1 is 1.08 bits per heavy atom. The molecule has 0 aromatic heterocycles. The molecule has 1 aliphatic carbocycles. The topological polar surface area (TPSA) is 79.8 Å². The fraction of sp³-hybridized carbons (Fsp3) is 0.944. The van der Waals surface area contributed by atoms with E-state index in [1.54, 1.807) is 0 Å². The van der Waals surface area contributed by atoms with Gasteiger partial charge in [-0.2, -0.15) is 0 Å². The monoisotopic (exact) mass is 501 g/mol. The molecule has 0 spiro atoms. The number of rotatable bonds is 7. The lowest BCUT2D eigenvalue weighted by molar-refractivity contribution is 0.0756. The van der Waals surface area contributed by atoms with Crippen molar-refractivity contribution in [3.8, 4) is 0 Å². The van der Waals surface area contributed by atoms with E-state index in [1.807, 2.05) is 6.92 Å². The summed E-state index contributed by atoms with van der Waals surface area (Å²) in [6.45, 7) is 7.25. The van der Waals surface area contributed by atoms with Crippen LogP contribution in [-0.2, 0) is 14.6 Å². The van der Waals surface area contributed by atoms with Crippen molar-refractivity contribution < 1.29 is 13.2 Å². The lowest BCUT2D eigenvalue weighted by atomic mass is 9.84. The molecular weight excluding hydrogens is 465 g/mol. The van der Waals surface area contributed by atoms with Crippen LogP contribution in [-0.4, -0.2) is 58.2 Å². The minimum Gasteiger partial charge on any atom is -0.381 e. The van der Waals surface area contributed by atoms with E-state index in [0.29, 0.717) is 38.0 Å². The predicted octanol–water partition coefficient (Wildman–Crippen LogP) is 2.72. The molecule has 1 saturated carbocycles. The molecule has 0 bridgehead atoms. The van der Waals surface area contributed by atoms with Crippen molar-refractivity contribution in [1.82, 2.24) is 10.6 Å². The molecule has 0 aromatic carbocycles. The number of ether oxygens (including phenoxy) is 1. The molecule has 2 aliphatic rings. The third-order valence-electron chi connectivity index (χ3n) is 6.10. The highest BCUT2D eigenvalue weighted by atomic mass is 127. The second-order valence-electron chi connectivity index (χ2n) is 7.68. The van der Waals surface area contributed by atoms with Crippen LogP contribution in [0.2, 0.25) is 0 Å². The SMILES string of the molecule is CCNC(=NCC1(CC)CCCC1)NCC1(S(C)(=O)=O)CCOCC1.I. The van der Waals surface area contributed by atoms with Gasteiger partial charge in [0.15, 0.2) is 15.8 Å². The number of hydrogen-bond donors (Lipinski definition) is 2. The van der Waals surface area contributed by atoms with Gasteiger partial charge in [-0.25, -0.2) is 8.42 Å². The fourth-order valence-electron chi connectivity index (χ4n) is 4.00. The highest BCUT2D eigenvalue weighted by molar-refractivity contribution is 14.0. The van der Waals surface area contributed by atoms with Crippen molar-refractivity contribution in [3.05, 3.63) is 0 Å². The summed E-state index contributed by atoms with van der Waals surface area (Å²) in [5.41, 5.74) is 0.329. The van der Waals surface area contributed by atoms with Crippen molar-refractivity contribution >= 4 is 39.8 Å². The molecule has 0 amide bonds. The Balaban J connectivity index is 0.00000338. The van der Waals surface area contributed by atoms with E-state index < -0.39 is 14.6 Å². The normalized spacial score (nSPS) is 22.5. The Bertz CT molecular complexity index is 554. The number of nitrogens with one attached hydrogen (secondary N) is 2. The Morgan fingerprint density at radius 2 is 1.69 bits per heavy atom. The summed E-state index contributed by atoms with van der Waals surface area (Å²) in [4.78, 5) is 4.80. The summed E-state index contributed by atoms with van der Waals surface area (Å²) < 4.78 is 29.4. The molecule has 8 heteroatoms. The molecule has 1 aliphatic heterocycles. The average Bonchev–Trinajstić information content (AvgIpc) is 3.07. The van der Waals surface area contributed by atoms with Crippen LogP contribution < -0.4 is 10.6 Å². The van der Waals surface area contributed by atoms with E-state index >= 15 is 0 Å². The van der Waals surface area contributed by atoms with Gasteiger partial charge in [-0.3, -0.25) is 4.99 Å². The number of sulfone groups is 1. The molecule has 6 nitrogen and oxygen atoms in total. The summed E-state index contributed by atoms with van der Waals surface area (Å²) in [7, 11) is -3.17.